The Labute approximate surface area is 334 Å². The van der Waals surface area contributed by atoms with E-state index in [1.165, 1.54) is 105 Å². The summed E-state index contributed by atoms with van der Waals surface area (Å²) in [6.45, 7) is 4.77. The fourth-order valence-corrected chi connectivity index (χ4v) is 11.1. The van der Waals surface area contributed by atoms with Crippen molar-refractivity contribution in [2.75, 3.05) is 0 Å². The number of benzene rings is 8. The standard InChI is InChI=1S/C56H41N/c1-55(2)48-28-13-11-24-42(48)46-34-47-43-25-12-14-30-52(43)57(53(47)35-50(46)55)39-31-32-45-51(33-39)56(37-19-5-3-6-20-37,38-21-7-4-8-22-38)49-29-16-27-44(54(45)49)41-26-15-18-36-17-9-10-23-40(36)41/h3-9,11-22,24-35H,10,23H2,1-2H3. The number of hydrogen-bond acceptors (Lipinski definition) is 0. The molecule has 0 spiro atoms. The van der Waals surface area contributed by atoms with Gasteiger partial charge < -0.3 is 4.57 Å². The molecule has 1 nitrogen and oxygen atoms in total. The van der Waals surface area contributed by atoms with Crippen molar-refractivity contribution in [1.82, 2.24) is 4.57 Å². The van der Waals surface area contributed by atoms with Crippen molar-refractivity contribution in [1.29, 1.82) is 0 Å². The summed E-state index contributed by atoms with van der Waals surface area (Å²) in [7, 11) is 0. The Bertz CT molecular complexity index is 3100. The molecular formula is C56H41N. The Balaban J connectivity index is 1.18. The molecule has 8 aromatic carbocycles. The molecule has 3 aliphatic rings. The normalized spacial score (nSPS) is 15.3. The summed E-state index contributed by atoms with van der Waals surface area (Å²) >= 11 is 0. The van der Waals surface area contributed by atoms with Crippen LogP contribution in [0.1, 0.15) is 64.8 Å². The van der Waals surface area contributed by atoms with E-state index in [9.17, 15) is 0 Å². The lowest BCUT2D eigenvalue weighted by molar-refractivity contribution is 0.661. The van der Waals surface area contributed by atoms with Gasteiger partial charge >= 0.3 is 0 Å². The van der Waals surface area contributed by atoms with E-state index < -0.39 is 5.41 Å². The lowest BCUT2D eigenvalue weighted by atomic mass is 9.67. The lowest BCUT2D eigenvalue weighted by Crippen LogP contribution is -2.28. The molecule has 1 aromatic heterocycles. The summed E-state index contributed by atoms with van der Waals surface area (Å²) in [4.78, 5) is 0. The van der Waals surface area contributed by atoms with Crippen molar-refractivity contribution in [3.8, 4) is 39.1 Å². The van der Waals surface area contributed by atoms with Crippen molar-refractivity contribution < 1.29 is 0 Å². The van der Waals surface area contributed by atoms with Gasteiger partial charge in [0, 0.05) is 21.9 Å². The fourth-order valence-electron chi connectivity index (χ4n) is 11.1. The Morgan fingerprint density at radius 3 is 1.96 bits per heavy atom. The van der Waals surface area contributed by atoms with Crippen LogP contribution in [-0.2, 0) is 17.3 Å². The van der Waals surface area contributed by atoms with E-state index in [1.807, 2.05) is 0 Å². The molecule has 0 atom stereocenters. The zero-order valence-corrected chi connectivity index (χ0v) is 32.3. The fraction of sp³-hybridized carbons (Fsp3) is 0.107. The number of fused-ring (bicyclic) bond motifs is 10. The number of allylic oxidation sites excluding steroid dienone is 1. The van der Waals surface area contributed by atoms with Crippen molar-refractivity contribution in [2.24, 2.45) is 0 Å². The van der Waals surface area contributed by atoms with Crippen molar-refractivity contribution in [3.63, 3.8) is 0 Å². The van der Waals surface area contributed by atoms with Gasteiger partial charge in [0.2, 0.25) is 0 Å². The van der Waals surface area contributed by atoms with Crippen LogP contribution in [-0.4, -0.2) is 4.57 Å². The molecule has 3 aliphatic carbocycles. The van der Waals surface area contributed by atoms with Crippen LogP contribution >= 0.6 is 0 Å². The lowest BCUT2D eigenvalue weighted by Gasteiger charge is -2.34. The average Bonchev–Trinajstić information content (AvgIpc) is 3.84. The molecule has 0 N–H and O–H groups in total. The van der Waals surface area contributed by atoms with Crippen LogP contribution in [0.4, 0.5) is 0 Å². The first kappa shape index (κ1) is 32.5. The zero-order valence-electron chi connectivity index (χ0n) is 32.3. The molecule has 1 heterocycles. The monoisotopic (exact) mass is 727 g/mol. The molecule has 0 aliphatic heterocycles. The van der Waals surface area contributed by atoms with Gasteiger partial charge in [0.15, 0.2) is 0 Å². The van der Waals surface area contributed by atoms with Crippen LogP contribution in [0.15, 0.2) is 182 Å². The molecule has 0 bridgehead atoms. The van der Waals surface area contributed by atoms with Crippen molar-refractivity contribution in [2.45, 2.75) is 37.5 Å². The maximum Gasteiger partial charge on any atom is 0.0714 e. The zero-order chi connectivity index (χ0) is 37.9. The topological polar surface area (TPSA) is 4.93 Å². The maximum atomic E-state index is 2.54. The predicted molar refractivity (Wildman–Crippen MR) is 238 cm³/mol. The van der Waals surface area contributed by atoms with Gasteiger partial charge in [-0.1, -0.05) is 172 Å². The number of nitrogens with zero attached hydrogens (tertiary/aromatic N) is 1. The van der Waals surface area contributed by atoms with Gasteiger partial charge in [-0.2, -0.15) is 0 Å². The first-order chi connectivity index (χ1) is 28.0. The third-order valence-corrected chi connectivity index (χ3v) is 13.6. The highest BCUT2D eigenvalue weighted by molar-refractivity contribution is 6.12. The van der Waals surface area contributed by atoms with E-state index in [0.717, 1.165) is 12.8 Å². The molecule has 9 aromatic rings. The minimum absolute atomic E-state index is 0.0976. The Morgan fingerprint density at radius 2 is 1.14 bits per heavy atom. The summed E-state index contributed by atoms with van der Waals surface area (Å²) in [6.07, 6.45) is 6.75. The Kier molecular flexibility index (Phi) is 6.79. The van der Waals surface area contributed by atoms with Crippen LogP contribution < -0.4 is 0 Å². The minimum atomic E-state index is -0.530. The van der Waals surface area contributed by atoms with Gasteiger partial charge in [-0.15, -0.1) is 0 Å². The molecular weight excluding hydrogens is 687 g/mol. The second-order valence-electron chi connectivity index (χ2n) is 16.7. The summed E-state index contributed by atoms with van der Waals surface area (Å²) in [6, 6.07) is 66.7. The Morgan fingerprint density at radius 1 is 0.456 bits per heavy atom. The molecule has 0 fully saturated rings. The van der Waals surface area contributed by atoms with Crippen molar-refractivity contribution >= 4 is 27.9 Å². The Hall–Kier alpha value is -6.70. The minimum Gasteiger partial charge on any atom is -0.309 e. The SMILES string of the molecule is CC1(C)c2ccccc2-c2cc3c4ccccc4n(-c4ccc5c(c4)C(c4ccccc4)(c4ccccc4)c4cccc(-c6cccc7c6CCC=C7)c4-5)c3cc21. The second-order valence-corrected chi connectivity index (χ2v) is 16.7. The molecule has 57 heavy (non-hydrogen) atoms. The van der Waals surface area contributed by atoms with E-state index in [4.69, 9.17) is 0 Å². The smallest absolute Gasteiger partial charge is 0.0714 e. The van der Waals surface area contributed by atoms with Crippen LogP contribution in [0.25, 0.3) is 66.9 Å². The van der Waals surface area contributed by atoms with Gasteiger partial charge in [0.25, 0.3) is 0 Å². The summed E-state index contributed by atoms with van der Waals surface area (Å²) in [5.74, 6) is 0. The van der Waals surface area contributed by atoms with E-state index >= 15 is 0 Å². The number of rotatable bonds is 4. The van der Waals surface area contributed by atoms with Gasteiger partial charge in [0.1, 0.15) is 0 Å². The maximum absolute atomic E-state index is 2.54. The first-order valence-corrected chi connectivity index (χ1v) is 20.4. The highest BCUT2D eigenvalue weighted by atomic mass is 15.0. The molecule has 270 valence electrons. The molecule has 0 unspecified atom stereocenters. The number of hydrogen-bond donors (Lipinski definition) is 0. The largest absolute Gasteiger partial charge is 0.309 e. The molecule has 0 radical (unpaired) electrons. The summed E-state index contributed by atoms with van der Waals surface area (Å²) in [5.41, 5.74) is 21.9. The molecule has 1 heteroatoms. The van der Waals surface area contributed by atoms with E-state index in [1.54, 1.807) is 0 Å². The van der Waals surface area contributed by atoms with Gasteiger partial charge in [-0.05, 0) is 121 Å². The third kappa shape index (κ3) is 4.35. The quantitative estimate of drug-likeness (QED) is 0.170. The number of para-hydroxylation sites is 1. The van der Waals surface area contributed by atoms with Crippen LogP contribution in [0, 0.1) is 0 Å². The van der Waals surface area contributed by atoms with Crippen LogP contribution in [0.5, 0.6) is 0 Å². The molecule has 0 saturated heterocycles. The first-order valence-electron chi connectivity index (χ1n) is 20.4. The summed E-state index contributed by atoms with van der Waals surface area (Å²) in [5, 5.41) is 2.58. The highest BCUT2D eigenvalue weighted by Gasteiger charge is 2.47. The molecule has 0 amide bonds. The molecule has 0 saturated carbocycles. The molecule has 12 rings (SSSR count). The van der Waals surface area contributed by atoms with Crippen LogP contribution in [0.3, 0.4) is 0 Å². The predicted octanol–water partition coefficient (Wildman–Crippen LogP) is 14.1. The van der Waals surface area contributed by atoms with Crippen molar-refractivity contribution in [3.05, 3.63) is 227 Å². The van der Waals surface area contributed by atoms with E-state index in [2.05, 4.69) is 206 Å². The average molecular weight is 728 g/mol. The third-order valence-electron chi connectivity index (χ3n) is 13.6. The van der Waals surface area contributed by atoms with Gasteiger partial charge in [-0.25, -0.2) is 0 Å². The second kappa shape index (κ2) is 11.9. The number of aromatic nitrogens is 1. The van der Waals surface area contributed by atoms with Crippen LogP contribution in [0.2, 0.25) is 0 Å². The highest BCUT2D eigenvalue weighted by Crippen LogP contribution is 2.59. The van der Waals surface area contributed by atoms with Gasteiger partial charge in [0.05, 0.1) is 16.4 Å². The van der Waals surface area contributed by atoms with E-state index in [0.29, 0.717) is 0 Å². The summed E-state index contributed by atoms with van der Waals surface area (Å²) < 4.78 is 2.54. The van der Waals surface area contributed by atoms with Gasteiger partial charge in [-0.3, -0.25) is 0 Å². The van der Waals surface area contributed by atoms with E-state index in [-0.39, 0.29) is 5.41 Å².